The molecular weight excluding hydrogens is 450 g/mol. The summed E-state index contributed by atoms with van der Waals surface area (Å²) < 4.78 is 44.9. The first kappa shape index (κ1) is 22.4. The molecule has 1 amide bonds. The summed E-state index contributed by atoms with van der Waals surface area (Å²) in [7, 11) is -1.70. The Labute approximate surface area is 189 Å². The number of amides is 1. The van der Waals surface area contributed by atoms with E-state index >= 15 is 0 Å². The van der Waals surface area contributed by atoms with Crippen LogP contribution in [-0.4, -0.2) is 39.8 Å². The van der Waals surface area contributed by atoms with Crippen molar-refractivity contribution in [3.8, 4) is 23.0 Å². The largest absolute Gasteiger partial charge is 0.497 e. The van der Waals surface area contributed by atoms with Crippen LogP contribution in [0, 0.1) is 6.92 Å². The number of hydrogen-bond donors (Lipinski definition) is 1. The molecule has 0 aliphatic carbocycles. The normalized spacial score (nSPS) is 16.5. The minimum absolute atomic E-state index is 0.0697. The maximum absolute atomic E-state index is 12.9. The van der Waals surface area contributed by atoms with Crippen LogP contribution in [0.5, 0.6) is 23.0 Å². The first-order valence-corrected chi connectivity index (χ1v) is 11.7. The number of ether oxygens (including phenoxy) is 3. The van der Waals surface area contributed by atoms with Gasteiger partial charge in [0.15, 0.2) is 16.4 Å². The molecule has 0 bridgehead atoms. The zero-order chi connectivity index (χ0) is 23.6. The SMILES string of the molecule is COc1ccc(Oc2c(C)oc3cc(OCC(=O)N[C@H]4C=CS(=O)(=O)C4)ccc3c2=O)cc1. The predicted octanol–water partition coefficient (Wildman–Crippen LogP) is 2.71. The fourth-order valence-electron chi connectivity index (χ4n) is 3.30. The molecule has 3 aromatic rings. The van der Waals surface area contributed by atoms with Gasteiger partial charge >= 0.3 is 0 Å². The Morgan fingerprint density at radius 2 is 1.82 bits per heavy atom. The van der Waals surface area contributed by atoms with E-state index in [-0.39, 0.29) is 34.9 Å². The molecule has 2 aromatic carbocycles. The predicted molar refractivity (Wildman–Crippen MR) is 121 cm³/mol. The molecule has 1 aliphatic heterocycles. The number of fused-ring (bicyclic) bond motifs is 1. The number of aryl methyl sites for hydroxylation is 1. The fraction of sp³-hybridized carbons (Fsp3) is 0.217. The molecule has 0 unspecified atom stereocenters. The fourth-order valence-corrected chi connectivity index (χ4v) is 4.54. The molecule has 0 fully saturated rings. The van der Waals surface area contributed by atoms with Crippen molar-refractivity contribution in [3.63, 3.8) is 0 Å². The number of rotatable bonds is 7. The average molecular weight is 471 g/mol. The zero-order valence-electron chi connectivity index (χ0n) is 17.9. The molecule has 1 atom stereocenters. The van der Waals surface area contributed by atoms with Gasteiger partial charge in [0.2, 0.25) is 11.2 Å². The highest BCUT2D eigenvalue weighted by atomic mass is 32.2. The van der Waals surface area contributed by atoms with Crippen molar-refractivity contribution in [1.82, 2.24) is 5.32 Å². The van der Waals surface area contributed by atoms with Gasteiger partial charge in [0.05, 0.1) is 24.3 Å². The van der Waals surface area contributed by atoms with Gasteiger partial charge in [-0.2, -0.15) is 0 Å². The lowest BCUT2D eigenvalue weighted by Crippen LogP contribution is -2.38. The second-order valence-electron chi connectivity index (χ2n) is 7.37. The minimum atomic E-state index is -3.26. The van der Waals surface area contributed by atoms with E-state index in [4.69, 9.17) is 18.6 Å². The molecule has 9 nitrogen and oxygen atoms in total. The highest BCUT2D eigenvalue weighted by Gasteiger charge is 2.23. The van der Waals surface area contributed by atoms with Crippen LogP contribution in [0.25, 0.3) is 11.0 Å². The molecule has 4 rings (SSSR count). The molecule has 172 valence electrons. The van der Waals surface area contributed by atoms with Crippen LogP contribution in [0.3, 0.4) is 0 Å². The second kappa shape index (κ2) is 8.99. The third-order valence-electron chi connectivity index (χ3n) is 4.91. The maximum Gasteiger partial charge on any atom is 0.258 e. The highest BCUT2D eigenvalue weighted by Crippen LogP contribution is 2.28. The first-order chi connectivity index (χ1) is 15.7. The van der Waals surface area contributed by atoms with E-state index in [9.17, 15) is 18.0 Å². The Hall–Kier alpha value is -3.79. The Morgan fingerprint density at radius 3 is 2.48 bits per heavy atom. The molecule has 10 heteroatoms. The molecule has 0 saturated heterocycles. The average Bonchev–Trinajstić information content (AvgIpc) is 3.13. The lowest BCUT2D eigenvalue weighted by molar-refractivity contribution is -0.123. The summed E-state index contributed by atoms with van der Waals surface area (Å²) in [5, 5.41) is 3.95. The van der Waals surface area contributed by atoms with Crippen LogP contribution in [0.1, 0.15) is 5.76 Å². The molecule has 1 aromatic heterocycles. The van der Waals surface area contributed by atoms with Gasteiger partial charge in [-0.05, 0) is 49.4 Å². The van der Waals surface area contributed by atoms with E-state index in [1.54, 1.807) is 44.4 Å². The summed E-state index contributed by atoms with van der Waals surface area (Å²) in [6, 6.07) is 10.8. The second-order valence-corrected chi connectivity index (χ2v) is 9.30. The summed E-state index contributed by atoms with van der Waals surface area (Å²) in [5.74, 6) is 1.16. The van der Waals surface area contributed by atoms with Crippen LogP contribution in [0.4, 0.5) is 0 Å². The van der Waals surface area contributed by atoms with Crippen molar-refractivity contribution in [2.75, 3.05) is 19.5 Å². The third-order valence-corrected chi connectivity index (χ3v) is 6.31. The van der Waals surface area contributed by atoms with Crippen LogP contribution >= 0.6 is 0 Å². The number of hydrogen-bond acceptors (Lipinski definition) is 8. The summed E-state index contributed by atoms with van der Waals surface area (Å²) >= 11 is 0. The Balaban J connectivity index is 1.46. The standard InChI is InChI=1S/C23H21NO8S/c1-14-23(32-17-5-3-16(29-2)4-6-17)22(26)19-8-7-18(11-20(19)31-14)30-12-21(25)24-15-9-10-33(27,28)13-15/h3-11,15H,12-13H2,1-2H3,(H,24,25)/t15-/m0/s1. The number of sulfone groups is 1. The Bertz CT molecular complexity index is 1390. The smallest absolute Gasteiger partial charge is 0.258 e. The summed E-state index contributed by atoms with van der Waals surface area (Å²) in [4.78, 5) is 25.0. The van der Waals surface area contributed by atoms with Crippen molar-refractivity contribution in [1.29, 1.82) is 0 Å². The molecule has 0 saturated carbocycles. The number of benzene rings is 2. The van der Waals surface area contributed by atoms with Crippen LogP contribution in [0.2, 0.25) is 0 Å². The van der Waals surface area contributed by atoms with Gasteiger partial charge in [-0.1, -0.05) is 0 Å². The molecular formula is C23H21NO8S. The number of nitrogens with one attached hydrogen (secondary N) is 1. The van der Waals surface area contributed by atoms with Gasteiger partial charge in [0, 0.05) is 11.5 Å². The van der Waals surface area contributed by atoms with Gasteiger partial charge in [-0.15, -0.1) is 0 Å². The molecule has 0 spiro atoms. The lowest BCUT2D eigenvalue weighted by atomic mass is 10.2. The van der Waals surface area contributed by atoms with Gasteiger partial charge in [-0.3, -0.25) is 9.59 Å². The third kappa shape index (κ3) is 5.17. The van der Waals surface area contributed by atoms with Crippen molar-refractivity contribution in [2.24, 2.45) is 0 Å². The van der Waals surface area contributed by atoms with Crippen molar-refractivity contribution in [2.45, 2.75) is 13.0 Å². The summed E-state index contributed by atoms with van der Waals surface area (Å²) in [6.45, 7) is 1.29. The number of carbonyl (C=O) groups is 1. The van der Waals surface area contributed by atoms with Crippen LogP contribution in [0.15, 0.2) is 63.2 Å². The summed E-state index contributed by atoms with van der Waals surface area (Å²) in [6.07, 6.45) is 1.42. The molecule has 33 heavy (non-hydrogen) atoms. The topological polar surface area (TPSA) is 121 Å². The van der Waals surface area contributed by atoms with E-state index in [0.717, 1.165) is 5.41 Å². The van der Waals surface area contributed by atoms with Crippen LogP contribution < -0.4 is 25.0 Å². The molecule has 1 N–H and O–H groups in total. The molecule has 0 radical (unpaired) electrons. The van der Waals surface area contributed by atoms with E-state index in [1.807, 2.05) is 0 Å². The van der Waals surface area contributed by atoms with Crippen molar-refractivity contribution >= 4 is 26.7 Å². The quantitative estimate of drug-likeness (QED) is 0.558. The van der Waals surface area contributed by atoms with Crippen LogP contribution in [-0.2, 0) is 14.6 Å². The van der Waals surface area contributed by atoms with Crippen molar-refractivity contribution in [3.05, 3.63) is 69.9 Å². The lowest BCUT2D eigenvalue weighted by Gasteiger charge is -2.12. The van der Waals surface area contributed by atoms with E-state index in [2.05, 4.69) is 5.32 Å². The first-order valence-electron chi connectivity index (χ1n) is 9.96. The van der Waals surface area contributed by atoms with Gasteiger partial charge < -0.3 is 23.9 Å². The molecule has 1 aliphatic rings. The van der Waals surface area contributed by atoms with E-state index in [1.165, 1.54) is 18.2 Å². The Kier molecular flexibility index (Phi) is 6.10. The van der Waals surface area contributed by atoms with E-state index < -0.39 is 21.8 Å². The highest BCUT2D eigenvalue weighted by molar-refractivity contribution is 7.94. The van der Waals surface area contributed by atoms with Gasteiger partial charge in [0.25, 0.3) is 5.91 Å². The number of methoxy groups -OCH3 is 1. The Morgan fingerprint density at radius 1 is 1.12 bits per heavy atom. The summed E-state index contributed by atoms with van der Waals surface area (Å²) in [5.41, 5.74) is -0.0644. The zero-order valence-corrected chi connectivity index (χ0v) is 18.7. The van der Waals surface area contributed by atoms with Gasteiger partial charge in [-0.25, -0.2) is 8.42 Å². The minimum Gasteiger partial charge on any atom is -0.497 e. The maximum atomic E-state index is 12.9. The molecule has 2 heterocycles. The van der Waals surface area contributed by atoms with Crippen molar-refractivity contribution < 1.29 is 31.8 Å². The van der Waals surface area contributed by atoms with E-state index in [0.29, 0.717) is 22.6 Å². The monoisotopic (exact) mass is 471 g/mol. The van der Waals surface area contributed by atoms with Gasteiger partial charge in [0.1, 0.15) is 28.6 Å². The number of carbonyl (C=O) groups excluding carboxylic acids is 1.